The summed E-state index contributed by atoms with van der Waals surface area (Å²) in [6, 6.07) is 8.04. The van der Waals surface area contributed by atoms with Gasteiger partial charge in [0.15, 0.2) is 0 Å². The average molecular weight is 258 g/mol. The Morgan fingerprint density at radius 1 is 1.21 bits per heavy atom. The van der Waals surface area contributed by atoms with Crippen LogP contribution in [0.1, 0.15) is 49.9 Å². The molecule has 1 aromatic heterocycles. The molecule has 0 saturated carbocycles. The summed E-state index contributed by atoms with van der Waals surface area (Å²) in [5.74, 6) is 0.605. The zero-order valence-electron chi connectivity index (χ0n) is 12.1. The second-order valence-electron chi connectivity index (χ2n) is 5.34. The molecule has 0 amide bonds. The van der Waals surface area contributed by atoms with Gasteiger partial charge in [-0.2, -0.15) is 5.10 Å². The summed E-state index contributed by atoms with van der Waals surface area (Å²) in [5, 5.41) is 15.0. The Hall–Kier alpha value is -1.77. The van der Waals surface area contributed by atoms with Crippen molar-refractivity contribution >= 4 is 0 Å². The third kappa shape index (κ3) is 2.65. The third-order valence-electron chi connectivity index (χ3n) is 3.31. The van der Waals surface area contributed by atoms with E-state index in [1.165, 1.54) is 5.56 Å². The van der Waals surface area contributed by atoms with Crippen molar-refractivity contribution in [2.24, 2.45) is 0 Å². The lowest BCUT2D eigenvalue weighted by molar-refractivity contribution is 0.427. The first-order valence-corrected chi connectivity index (χ1v) is 6.92. The van der Waals surface area contributed by atoms with Gasteiger partial charge in [-0.15, -0.1) is 0 Å². The first-order chi connectivity index (χ1) is 9.04. The summed E-state index contributed by atoms with van der Waals surface area (Å²) >= 11 is 0. The van der Waals surface area contributed by atoms with Crippen LogP contribution in [-0.2, 0) is 6.42 Å². The van der Waals surface area contributed by atoms with Gasteiger partial charge in [-0.3, -0.25) is 0 Å². The van der Waals surface area contributed by atoms with Gasteiger partial charge in [0.25, 0.3) is 0 Å². The van der Waals surface area contributed by atoms with Crippen LogP contribution in [0.2, 0.25) is 0 Å². The van der Waals surface area contributed by atoms with E-state index in [9.17, 15) is 5.11 Å². The van der Waals surface area contributed by atoms with Crippen LogP contribution in [-0.4, -0.2) is 14.9 Å². The van der Waals surface area contributed by atoms with E-state index in [0.717, 1.165) is 29.8 Å². The monoisotopic (exact) mass is 258 g/mol. The van der Waals surface area contributed by atoms with Gasteiger partial charge >= 0.3 is 0 Å². The number of aryl methyl sites for hydroxylation is 1. The Labute approximate surface area is 114 Å². The average Bonchev–Trinajstić information content (AvgIpc) is 2.69. The molecular formula is C16H22N2O. The van der Waals surface area contributed by atoms with E-state index in [2.05, 4.69) is 32.8 Å². The molecule has 1 N–H and O–H groups in total. The van der Waals surface area contributed by atoms with E-state index in [1.54, 1.807) is 4.68 Å². The predicted octanol–water partition coefficient (Wildman–Crippen LogP) is 3.96. The molecule has 0 atom stereocenters. The largest absolute Gasteiger partial charge is 0.493 e. The van der Waals surface area contributed by atoms with Crippen LogP contribution in [0.3, 0.4) is 0 Å². The van der Waals surface area contributed by atoms with Crippen LogP contribution >= 0.6 is 0 Å². The van der Waals surface area contributed by atoms with Crippen LogP contribution in [0.5, 0.6) is 5.88 Å². The first kappa shape index (κ1) is 13.7. The Balaban J connectivity index is 2.52. The molecule has 102 valence electrons. The molecule has 0 radical (unpaired) electrons. The van der Waals surface area contributed by atoms with Crippen LogP contribution in [0, 0.1) is 6.92 Å². The normalized spacial score (nSPS) is 11.2. The van der Waals surface area contributed by atoms with Crippen molar-refractivity contribution in [3.63, 3.8) is 0 Å². The molecule has 2 rings (SSSR count). The van der Waals surface area contributed by atoms with Crippen molar-refractivity contribution in [2.45, 2.75) is 46.5 Å². The Morgan fingerprint density at radius 3 is 2.37 bits per heavy atom. The molecular weight excluding hydrogens is 236 g/mol. The van der Waals surface area contributed by atoms with Crippen LogP contribution < -0.4 is 0 Å². The van der Waals surface area contributed by atoms with E-state index >= 15 is 0 Å². The maximum atomic E-state index is 10.4. The molecule has 0 aliphatic carbocycles. The van der Waals surface area contributed by atoms with Gasteiger partial charge in [0.1, 0.15) is 0 Å². The number of hydrogen-bond donors (Lipinski definition) is 1. The highest BCUT2D eigenvalue weighted by atomic mass is 16.3. The SMILES string of the molecule is CCCc1c(C(C)C)nn(-c2ccc(C)cc2)c1O. The smallest absolute Gasteiger partial charge is 0.217 e. The molecule has 0 aliphatic heterocycles. The van der Waals surface area contributed by atoms with Crippen molar-refractivity contribution in [3.05, 3.63) is 41.1 Å². The number of benzene rings is 1. The first-order valence-electron chi connectivity index (χ1n) is 6.92. The molecule has 19 heavy (non-hydrogen) atoms. The van der Waals surface area contributed by atoms with Gasteiger partial charge in [-0.1, -0.05) is 44.9 Å². The minimum Gasteiger partial charge on any atom is -0.493 e. The van der Waals surface area contributed by atoms with Gasteiger partial charge in [0.2, 0.25) is 5.88 Å². The quantitative estimate of drug-likeness (QED) is 0.901. The van der Waals surface area contributed by atoms with Crippen molar-refractivity contribution in [3.8, 4) is 11.6 Å². The molecule has 0 saturated heterocycles. The molecule has 1 heterocycles. The van der Waals surface area contributed by atoms with Gasteiger partial charge < -0.3 is 5.11 Å². The zero-order chi connectivity index (χ0) is 14.0. The fourth-order valence-corrected chi connectivity index (χ4v) is 2.28. The number of aromatic nitrogens is 2. The maximum Gasteiger partial charge on any atom is 0.217 e. The van der Waals surface area contributed by atoms with E-state index in [0.29, 0.717) is 5.92 Å². The molecule has 3 heteroatoms. The second kappa shape index (κ2) is 5.47. The fraction of sp³-hybridized carbons (Fsp3) is 0.438. The van der Waals surface area contributed by atoms with E-state index < -0.39 is 0 Å². The summed E-state index contributed by atoms with van der Waals surface area (Å²) in [6.07, 6.45) is 1.87. The predicted molar refractivity (Wildman–Crippen MR) is 78.0 cm³/mol. The molecule has 0 unspecified atom stereocenters. The van der Waals surface area contributed by atoms with Gasteiger partial charge in [0, 0.05) is 5.56 Å². The molecule has 0 spiro atoms. The summed E-state index contributed by atoms with van der Waals surface area (Å²) in [4.78, 5) is 0. The molecule has 0 aliphatic rings. The maximum absolute atomic E-state index is 10.4. The highest BCUT2D eigenvalue weighted by Crippen LogP contribution is 2.30. The van der Waals surface area contributed by atoms with Gasteiger partial charge in [-0.25, -0.2) is 4.68 Å². The van der Waals surface area contributed by atoms with Crippen molar-refractivity contribution < 1.29 is 5.11 Å². The second-order valence-corrected chi connectivity index (χ2v) is 5.34. The minimum absolute atomic E-state index is 0.286. The fourth-order valence-electron chi connectivity index (χ4n) is 2.28. The Morgan fingerprint density at radius 2 is 1.84 bits per heavy atom. The van der Waals surface area contributed by atoms with Crippen molar-refractivity contribution in [1.82, 2.24) is 9.78 Å². The topological polar surface area (TPSA) is 38.0 Å². The van der Waals surface area contributed by atoms with Crippen LogP contribution in [0.4, 0.5) is 0 Å². The number of hydrogen-bond acceptors (Lipinski definition) is 2. The minimum atomic E-state index is 0.286. The van der Waals surface area contributed by atoms with E-state index in [1.807, 2.05) is 24.3 Å². The summed E-state index contributed by atoms with van der Waals surface area (Å²) in [7, 11) is 0. The molecule has 3 nitrogen and oxygen atoms in total. The van der Waals surface area contributed by atoms with Crippen LogP contribution in [0.25, 0.3) is 5.69 Å². The van der Waals surface area contributed by atoms with E-state index in [-0.39, 0.29) is 5.88 Å². The molecule has 2 aromatic rings. The highest BCUT2D eigenvalue weighted by molar-refractivity contribution is 5.42. The highest BCUT2D eigenvalue weighted by Gasteiger charge is 2.19. The molecule has 0 bridgehead atoms. The lowest BCUT2D eigenvalue weighted by Crippen LogP contribution is -1.98. The van der Waals surface area contributed by atoms with Crippen molar-refractivity contribution in [2.75, 3.05) is 0 Å². The lowest BCUT2D eigenvalue weighted by Gasteiger charge is -2.04. The lowest BCUT2D eigenvalue weighted by atomic mass is 10.0. The van der Waals surface area contributed by atoms with Gasteiger partial charge in [-0.05, 0) is 31.4 Å². The molecule has 0 fully saturated rings. The number of nitrogens with zero attached hydrogens (tertiary/aromatic N) is 2. The molecule has 1 aromatic carbocycles. The zero-order valence-corrected chi connectivity index (χ0v) is 12.1. The van der Waals surface area contributed by atoms with Crippen LogP contribution in [0.15, 0.2) is 24.3 Å². The standard InChI is InChI=1S/C16H22N2O/c1-5-6-14-15(11(2)3)17-18(16(14)19)13-9-7-12(4)8-10-13/h7-11,19H,5-6H2,1-4H3. The van der Waals surface area contributed by atoms with Gasteiger partial charge in [0.05, 0.1) is 11.4 Å². The van der Waals surface area contributed by atoms with Crippen molar-refractivity contribution in [1.29, 1.82) is 0 Å². The Bertz CT molecular complexity index is 553. The van der Waals surface area contributed by atoms with E-state index in [4.69, 9.17) is 0 Å². The summed E-state index contributed by atoms with van der Waals surface area (Å²) in [6.45, 7) is 8.39. The number of rotatable bonds is 4. The third-order valence-corrected chi connectivity index (χ3v) is 3.31. The number of aromatic hydroxyl groups is 1. The Kier molecular flexibility index (Phi) is 3.93. The summed E-state index contributed by atoms with van der Waals surface area (Å²) < 4.78 is 1.65. The summed E-state index contributed by atoms with van der Waals surface area (Å²) in [5.41, 5.74) is 4.10.